The van der Waals surface area contributed by atoms with E-state index in [-0.39, 0.29) is 5.91 Å². The number of nitrogens with two attached hydrogens (primary N) is 1. The van der Waals surface area contributed by atoms with Crippen molar-refractivity contribution in [3.8, 4) is 0 Å². The number of likely N-dealkylation sites (tertiary alicyclic amines) is 1. The molecule has 1 unspecified atom stereocenters. The fraction of sp³-hybridized carbons (Fsp3) is 0.923. The van der Waals surface area contributed by atoms with Gasteiger partial charge in [-0.05, 0) is 25.8 Å². The molecule has 1 saturated carbocycles. The van der Waals surface area contributed by atoms with Gasteiger partial charge in [-0.3, -0.25) is 4.79 Å². The number of carbonyl (C=O) groups is 1. The zero-order valence-corrected chi connectivity index (χ0v) is 10.7. The Labute approximate surface area is 104 Å². The van der Waals surface area contributed by atoms with Crippen molar-refractivity contribution in [3.05, 3.63) is 0 Å². The van der Waals surface area contributed by atoms with Crippen molar-refractivity contribution < 1.29 is 4.79 Å². The van der Waals surface area contributed by atoms with E-state index in [1.165, 1.54) is 32.1 Å². The first-order valence-electron chi connectivity index (χ1n) is 7.01. The molecule has 0 aromatic rings. The Morgan fingerprint density at radius 2 is 2.00 bits per heavy atom. The smallest absolute Gasteiger partial charge is 0.221 e. The second kappa shape index (κ2) is 6.36. The third kappa shape index (κ3) is 4.28. The Morgan fingerprint density at radius 1 is 1.24 bits per heavy atom. The van der Waals surface area contributed by atoms with Gasteiger partial charge in [0.05, 0.1) is 0 Å². The van der Waals surface area contributed by atoms with Crippen molar-refractivity contribution in [2.45, 2.75) is 57.0 Å². The average molecular weight is 239 g/mol. The van der Waals surface area contributed by atoms with E-state index in [1.807, 2.05) is 0 Å². The van der Waals surface area contributed by atoms with Crippen LogP contribution in [0.15, 0.2) is 0 Å². The first kappa shape index (κ1) is 12.8. The van der Waals surface area contributed by atoms with E-state index in [0.717, 1.165) is 26.1 Å². The zero-order chi connectivity index (χ0) is 12.1. The molecule has 98 valence electrons. The SMILES string of the molecule is NC1CCN(CCC(=O)NC2CCCCC2)C1. The van der Waals surface area contributed by atoms with Gasteiger partial charge in [-0.15, -0.1) is 0 Å². The van der Waals surface area contributed by atoms with Crippen LogP contribution in [0.25, 0.3) is 0 Å². The molecule has 1 aliphatic carbocycles. The van der Waals surface area contributed by atoms with Crippen LogP contribution in [0.1, 0.15) is 44.9 Å². The molecule has 0 spiro atoms. The van der Waals surface area contributed by atoms with Crippen molar-refractivity contribution in [3.63, 3.8) is 0 Å². The lowest BCUT2D eigenvalue weighted by Crippen LogP contribution is -2.38. The summed E-state index contributed by atoms with van der Waals surface area (Å²) in [5, 5.41) is 3.16. The largest absolute Gasteiger partial charge is 0.353 e. The Morgan fingerprint density at radius 3 is 2.65 bits per heavy atom. The molecular formula is C13H25N3O. The van der Waals surface area contributed by atoms with Crippen LogP contribution in [-0.4, -0.2) is 42.5 Å². The minimum absolute atomic E-state index is 0.220. The summed E-state index contributed by atoms with van der Waals surface area (Å²) in [5.41, 5.74) is 5.84. The van der Waals surface area contributed by atoms with Crippen LogP contribution < -0.4 is 11.1 Å². The molecular weight excluding hydrogens is 214 g/mol. The molecule has 0 aromatic carbocycles. The van der Waals surface area contributed by atoms with Gasteiger partial charge in [-0.2, -0.15) is 0 Å². The van der Waals surface area contributed by atoms with E-state index >= 15 is 0 Å². The summed E-state index contributed by atoms with van der Waals surface area (Å²) in [4.78, 5) is 14.1. The van der Waals surface area contributed by atoms with Gasteiger partial charge >= 0.3 is 0 Å². The minimum Gasteiger partial charge on any atom is -0.353 e. The molecule has 1 saturated heterocycles. The van der Waals surface area contributed by atoms with Crippen LogP contribution in [0.4, 0.5) is 0 Å². The molecule has 2 rings (SSSR count). The molecule has 1 amide bonds. The van der Waals surface area contributed by atoms with Gasteiger partial charge in [0, 0.05) is 31.6 Å². The number of nitrogens with zero attached hydrogens (tertiary/aromatic N) is 1. The molecule has 1 aliphatic heterocycles. The van der Waals surface area contributed by atoms with E-state index in [4.69, 9.17) is 5.73 Å². The van der Waals surface area contributed by atoms with Gasteiger partial charge in [0.25, 0.3) is 0 Å². The number of amides is 1. The van der Waals surface area contributed by atoms with E-state index in [1.54, 1.807) is 0 Å². The zero-order valence-electron chi connectivity index (χ0n) is 10.7. The summed E-state index contributed by atoms with van der Waals surface area (Å²) in [5.74, 6) is 0.220. The lowest BCUT2D eigenvalue weighted by atomic mass is 9.95. The highest BCUT2D eigenvalue weighted by atomic mass is 16.1. The Hall–Kier alpha value is -0.610. The van der Waals surface area contributed by atoms with Gasteiger partial charge in [0.2, 0.25) is 5.91 Å². The Bertz CT molecular complexity index is 251. The van der Waals surface area contributed by atoms with Gasteiger partial charge in [-0.25, -0.2) is 0 Å². The van der Waals surface area contributed by atoms with E-state index in [0.29, 0.717) is 18.5 Å². The predicted octanol–water partition coefficient (Wildman–Crippen LogP) is 0.858. The Balaban J connectivity index is 1.60. The highest BCUT2D eigenvalue weighted by Gasteiger charge is 2.20. The van der Waals surface area contributed by atoms with Crippen molar-refractivity contribution in [1.82, 2.24) is 10.2 Å². The van der Waals surface area contributed by atoms with Crippen molar-refractivity contribution in [2.75, 3.05) is 19.6 Å². The lowest BCUT2D eigenvalue weighted by molar-refractivity contribution is -0.122. The fourth-order valence-corrected chi connectivity index (χ4v) is 2.87. The third-order valence-corrected chi connectivity index (χ3v) is 3.93. The summed E-state index contributed by atoms with van der Waals surface area (Å²) in [6.45, 7) is 2.88. The number of rotatable bonds is 4. The second-order valence-electron chi connectivity index (χ2n) is 5.50. The summed E-state index contributed by atoms with van der Waals surface area (Å²) in [7, 11) is 0. The van der Waals surface area contributed by atoms with Gasteiger partial charge in [0.1, 0.15) is 0 Å². The molecule has 1 heterocycles. The maximum Gasteiger partial charge on any atom is 0.221 e. The van der Waals surface area contributed by atoms with Gasteiger partial charge in [0.15, 0.2) is 0 Å². The van der Waals surface area contributed by atoms with Crippen LogP contribution in [0.2, 0.25) is 0 Å². The lowest BCUT2D eigenvalue weighted by Gasteiger charge is -2.23. The summed E-state index contributed by atoms with van der Waals surface area (Å²) in [6.07, 6.45) is 7.91. The topological polar surface area (TPSA) is 58.4 Å². The maximum absolute atomic E-state index is 11.8. The monoisotopic (exact) mass is 239 g/mol. The molecule has 4 heteroatoms. The minimum atomic E-state index is 0.220. The molecule has 0 aromatic heterocycles. The highest BCUT2D eigenvalue weighted by molar-refractivity contribution is 5.76. The van der Waals surface area contributed by atoms with Crippen molar-refractivity contribution in [2.24, 2.45) is 5.73 Å². The van der Waals surface area contributed by atoms with Crippen LogP contribution in [0.5, 0.6) is 0 Å². The van der Waals surface area contributed by atoms with Crippen LogP contribution in [0.3, 0.4) is 0 Å². The van der Waals surface area contributed by atoms with E-state index < -0.39 is 0 Å². The molecule has 0 radical (unpaired) electrons. The molecule has 0 bridgehead atoms. The van der Waals surface area contributed by atoms with Crippen molar-refractivity contribution >= 4 is 5.91 Å². The standard InChI is InChI=1S/C13H25N3O/c14-11-6-8-16(10-11)9-7-13(17)15-12-4-2-1-3-5-12/h11-12H,1-10,14H2,(H,15,17). The number of hydrogen-bond acceptors (Lipinski definition) is 3. The number of hydrogen-bond donors (Lipinski definition) is 2. The molecule has 3 N–H and O–H groups in total. The molecule has 17 heavy (non-hydrogen) atoms. The summed E-state index contributed by atoms with van der Waals surface area (Å²) < 4.78 is 0. The van der Waals surface area contributed by atoms with Crippen LogP contribution in [0, 0.1) is 0 Å². The fourth-order valence-electron chi connectivity index (χ4n) is 2.87. The van der Waals surface area contributed by atoms with Crippen LogP contribution >= 0.6 is 0 Å². The molecule has 2 aliphatic rings. The van der Waals surface area contributed by atoms with Crippen molar-refractivity contribution in [1.29, 1.82) is 0 Å². The molecule has 4 nitrogen and oxygen atoms in total. The number of carbonyl (C=O) groups excluding carboxylic acids is 1. The molecule has 1 atom stereocenters. The van der Waals surface area contributed by atoms with Gasteiger partial charge < -0.3 is 16.0 Å². The average Bonchev–Trinajstić information content (AvgIpc) is 2.74. The van der Waals surface area contributed by atoms with E-state index in [9.17, 15) is 4.79 Å². The quantitative estimate of drug-likeness (QED) is 0.765. The maximum atomic E-state index is 11.8. The van der Waals surface area contributed by atoms with E-state index in [2.05, 4.69) is 10.2 Å². The predicted molar refractivity (Wildman–Crippen MR) is 68.7 cm³/mol. The first-order chi connectivity index (χ1) is 8.24. The molecule has 2 fully saturated rings. The van der Waals surface area contributed by atoms with Crippen LogP contribution in [-0.2, 0) is 4.79 Å². The third-order valence-electron chi connectivity index (χ3n) is 3.93. The Kier molecular flexibility index (Phi) is 4.80. The summed E-state index contributed by atoms with van der Waals surface area (Å²) >= 11 is 0. The second-order valence-corrected chi connectivity index (χ2v) is 5.50. The normalized spacial score (nSPS) is 27.2. The number of nitrogens with one attached hydrogen (secondary N) is 1. The first-order valence-corrected chi connectivity index (χ1v) is 7.01. The summed E-state index contributed by atoms with van der Waals surface area (Å²) in [6, 6.07) is 0.758. The highest BCUT2D eigenvalue weighted by Crippen LogP contribution is 2.17. The van der Waals surface area contributed by atoms with Gasteiger partial charge in [-0.1, -0.05) is 19.3 Å².